The third-order valence-corrected chi connectivity index (χ3v) is 3.89. The Morgan fingerprint density at radius 1 is 1.35 bits per heavy atom. The van der Waals surface area contributed by atoms with E-state index in [9.17, 15) is 0 Å². The topological polar surface area (TPSA) is 77.4 Å². The fourth-order valence-electron chi connectivity index (χ4n) is 2.47. The minimum absolute atomic E-state index is 0.162. The zero-order valence-electron chi connectivity index (χ0n) is 12.5. The number of aromatic nitrogens is 2. The Morgan fingerprint density at radius 2 is 2.10 bits per heavy atom. The van der Waals surface area contributed by atoms with E-state index in [0.717, 1.165) is 32.5 Å². The van der Waals surface area contributed by atoms with Crippen LogP contribution in [0.15, 0.2) is 4.52 Å². The molecule has 0 aliphatic carbocycles. The van der Waals surface area contributed by atoms with Crippen molar-refractivity contribution in [1.82, 2.24) is 15.0 Å². The van der Waals surface area contributed by atoms with E-state index >= 15 is 0 Å². The van der Waals surface area contributed by atoms with Gasteiger partial charge < -0.3 is 19.9 Å². The van der Waals surface area contributed by atoms with E-state index in [-0.39, 0.29) is 12.1 Å². The fraction of sp³-hybridized carbons (Fsp3) is 0.857. The Balaban J connectivity index is 1.81. The molecule has 114 valence electrons. The van der Waals surface area contributed by atoms with Gasteiger partial charge in [0.1, 0.15) is 0 Å². The van der Waals surface area contributed by atoms with Crippen LogP contribution in [0.1, 0.15) is 50.4 Å². The van der Waals surface area contributed by atoms with Crippen molar-refractivity contribution in [2.45, 2.75) is 51.2 Å². The van der Waals surface area contributed by atoms with Gasteiger partial charge in [-0.25, -0.2) is 0 Å². The van der Waals surface area contributed by atoms with Crippen LogP contribution in [0.5, 0.6) is 0 Å². The Labute approximate surface area is 120 Å². The molecule has 1 aromatic rings. The maximum absolute atomic E-state index is 6.17. The van der Waals surface area contributed by atoms with E-state index in [1.165, 1.54) is 19.3 Å². The first kappa shape index (κ1) is 15.4. The normalized spacial score (nSPS) is 19.9. The number of hydrogen-bond acceptors (Lipinski definition) is 6. The van der Waals surface area contributed by atoms with Crippen LogP contribution >= 0.6 is 0 Å². The minimum Gasteiger partial charge on any atom is -0.382 e. The first-order valence-electron chi connectivity index (χ1n) is 7.52. The van der Waals surface area contributed by atoms with Gasteiger partial charge in [0, 0.05) is 20.1 Å². The van der Waals surface area contributed by atoms with Crippen LogP contribution in [0.2, 0.25) is 0 Å². The average Bonchev–Trinajstić information content (AvgIpc) is 2.95. The molecule has 1 saturated heterocycles. The van der Waals surface area contributed by atoms with Crippen LogP contribution in [0, 0.1) is 0 Å². The van der Waals surface area contributed by atoms with Gasteiger partial charge in [0.25, 0.3) is 0 Å². The molecule has 2 rings (SSSR count). The molecule has 0 amide bonds. The van der Waals surface area contributed by atoms with Crippen molar-refractivity contribution in [3.63, 3.8) is 0 Å². The van der Waals surface area contributed by atoms with E-state index in [4.69, 9.17) is 15.0 Å². The standard InChI is InChI=1S/C14H26N4O2/c1-11(19-2)6-7-13-16-14(17-20-13)12(15)10-18-8-4-3-5-9-18/h11-12H,3-10,15H2,1-2H3. The second-order valence-corrected chi connectivity index (χ2v) is 5.60. The van der Waals surface area contributed by atoms with Crippen LogP contribution in [0.3, 0.4) is 0 Å². The highest BCUT2D eigenvalue weighted by Gasteiger charge is 2.19. The molecule has 1 aliphatic heterocycles. The largest absolute Gasteiger partial charge is 0.382 e. The lowest BCUT2D eigenvalue weighted by atomic mass is 10.1. The SMILES string of the molecule is COC(C)CCc1nc(C(N)CN2CCCCC2)no1. The van der Waals surface area contributed by atoms with E-state index in [2.05, 4.69) is 15.0 Å². The van der Waals surface area contributed by atoms with Gasteiger partial charge in [0.15, 0.2) is 5.82 Å². The number of nitrogens with two attached hydrogens (primary N) is 1. The quantitative estimate of drug-likeness (QED) is 0.817. The third kappa shape index (κ3) is 4.54. The van der Waals surface area contributed by atoms with Gasteiger partial charge >= 0.3 is 0 Å². The van der Waals surface area contributed by atoms with E-state index < -0.39 is 0 Å². The summed E-state index contributed by atoms with van der Waals surface area (Å²) in [6.45, 7) is 5.10. The molecular weight excluding hydrogens is 256 g/mol. The predicted molar refractivity (Wildman–Crippen MR) is 76.3 cm³/mol. The van der Waals surface area contributed by atoms with Crippen molar-refractivity contribution < 1.29 is 9.26 Å². The molecule has 6 heteroatoms. The van der Waals surface area contributed by atoms with E-state index in [1.54, 1.807) is 7.11 Å². The predicted octanol–water partition coefficient (Wildman–Crippen LogP) is 1.52. The second-order valence-electron chi connectivity index (χ2n) is 5.60. The number of ether oxygens (including phenoxy) is 1. The van der Waals surface area contributed by atoms with Gasteiger partial charge in [-0.15, -0.1) is 0 Å². The Morgan fingerprint density at radius 3 is 2.80 bits per heavy atom. The summed E-state index contributed by atoms with van der Waals surface area (Å²) in [5.41, 5.74) is 6.17. The number of rotatable bonds is 7. The minimum atomic E-state index is -0.162. The van der Waals surface area contributed by atoms with Crippen LogP contribution < -0.4 is 5.73 Å². The van der Waals surface area contributed by atoms with Crippen molar-refractivity contribution in [3.05, 3.63) is 11.7 Å². The summed E-state index contributed by atoms with van der Waals surface area (Å²) in [5.74, 6) is 1.27. The Hall–Kier alpha value is -0.980. The average molecular weight is 282 g/mol. The molecule has 6 nitrogen and oxygen atoms in total. The number of hydrogen-bond donors (Lipinski definition) is 1. The molecular formula is C14H26N4O2. The molecule has 1 aromatic heterocycles. The number of aryl methyl sites for hydroxylation is 1. The summed E-state index contributed by atoms with van der Waals surface area (Å²) in [4.78, 5) is 6.78. The molecule has 0 saturated carbocycles. The molecule has 2 unspecified atom stereocenters. The molecule has 1 fully saturated rings. The van der Waals surface area contributed by atoms with Gasteiger partial charge in [-0.3, -0.25) is 0 Å². The zero-order chi connectivity index (χ0) is 14.4. The summed E-state index contributed by atoms with van der Waals surface area (Å²) in [6.07, 6.45) is 5.67. The summed E-state index contributed by atoms with van der Waals surface area (Å²) in [6, 6.07) is -0.162. The lowest BCUT2D eigenvalue weighted by molar-refractivity contribution is 0.109. The molecule has 2 heterocycles. The van der Waals surface area contributed by atoms with Crippen LogP contribution in [-0.4, -0.2) is 47.9 Å². The van der Waals surface area contributed by atoms with Gasteiger partial charge in [0.2, 0.25) is 5.89 Å². The second kappa shape index (κ2) is 7.71. The first-order chi connectivity index (χ1) is 9.69. The summed E-state index contributed by atoms with van der Waals surface area (Å²) in [5, 5.41) is 4.01. The lowest BCUT2D eigenvalue weighted by Crippen LogP contribution is -2.36. The molecule has 20 heavy (non-hydrogen) atoms. The summed E-state index contributed by atoms with van der Waals surface area (Å²) < 4.78 is 10.5. The number of likely N-dealkylation sites (tertiary alicyclic amines) is 1. The van der Waals surface area contributed by atoms with E-state index in [1.807, 2.05) is 6.92 Å². The highest BCUT2D eigenvalue weighted by molar-refractivity contribution is 4.94. The number of nitrogens with zero attached hydrogens (tertiary/aromatic N) is 3. The summed E-state index contributed by atoms with van der Waals surface area (Å²) in [7, 11) is 1.71. The molecule has 0 bridgehead atoms. The first-order valence-corrected chi connectivity index (χ1v) is 7.52. The van der Waals surface area contributed by atoms with E-state index in [0.29, 0.717) is 11.7 Å². The van der Waals surface area contributed by atoms with Gasteiger partial charge in [-0.05, 0) is 39.3 Å². The van der Waals surface area contributed by atoms with Crippen molar-refractivity contribution in [1.29, 1.82) is 0 Å². The highest BCUT2D eigenvalue weighted by Crippen LogP contribution is 2.14. The van der Waals surface area contributed by atoms with Gasteiger partial charge in [-0.2, -0.15) is 4.98 Å². The molecule has 1 aliphatic rings. The van der Waals surface area contributed by atoms with Gasteiger partial charge in [0.05, 0.1) is 12.1 Å². The summed E-state index contributed by atoms with van der Waals surface area (Å²) >= 11 is 0. The monoisotopic (exact) mass is 282 g/mol. The highest BCUT2D eigenvalue weighted by atomic mass is 16.5. The van der Waals surface area contributed by atoms with Crippen LogP contribution in [-0.2, 0) is 11.2 Å². The molecule has 2 N–H and O–H groups in total. The lowest BCUT2D eigenvalue weighted by Gasteiger charge is -2.27. The number of piperidine rings is 1. The molecule has 0 radical (unpaired) electrons. The maximum atomic E-state index is 6.17. The molecule has 2 atom stereocenters. The molecule has 0 spiro atoms. The third-order valence-electron chi connectivity index (χ3n) is 3.89. The Kier molecular flexibility index (Phi) is 5.94. The fourth-order valence-corrected chi connectivity index (χ4v) is 2.47. The zero-order valence-corrected chi connectivity index (χ0v) is 12.5. The van der Waals surface area contributed by atoms with Crippen LogP contribution in [0.4, 0.5) is 0 Å². The molecule has 0 aromatic carbocycles. The van der Waals surface area contributed by atoms with Crippen molar-refractivity contribution in [3.8, 4) is 0 Å². The Bertz CT molecular complexity index is 390. The van der Waals surface area contributed by atoms with Crippen molar-refractivity contribution in [2.75, 3.05) is 26.7 Å². The van der Waals surface area contributed by atoms with Gasteiger partial charge in [-0.1, -0.05) is 11.6 Å². The maximum Gasteiger partial charge on any atom is 0.226 e. The van der Waals surface area contributed by atoms with Crippen LogP contribution in [0.25, 0.3) is 0 Å². The smallest absolute Gasteiger partial charge is 0.226 e. The number of methoxy groups -OCH3 is 1. The van der Waals surface area contributed by atoms with Crippen molar-refractivity contribution >= 4 is 0 Å². The van der Waals surface area contributed by atoms with Crippen molar-refractivity contribution in [2.24, 2.45) is 5.73 Å².